The van der Waals surface area contributed by atoms with E-state index in [0.717, 1.165) is 24.5 Å². The van der Waals surface area contributed by atoms with Gasteiger partial charge in [-0.25, -0.2) is 4.98 Å². The van der Waals surface area contributed by atoms with Crippen LogP contribution < -0.4 is 5.73 Å². The van der Waals surface area contributed by atoms with Gasteiger partial charge in [0.15, 0.2) is 0 Å². The second-order valence-corrected chi connectivity index (χ2v) is 4.39. The lowest BCUT2D eigenvalue weighted by Crippen LogP contribution is -2.11. The van der Waals surface area contributed by atoms with E-state index in [0.29, 0.717) is 12.6 Å². The zero-order valence-corrected chi connectivity index (χ0v) is 10.4. The molecule has 2 heterocycles. The Bertz CT molecular complexity index is 469. The summed E-state index contributed by atoms with van der Waals surface area (Å²) in [7, 11) is 0. The van der Waals surface area contributed by atoms with E-state index in [4.69, 9.17) is 5.73 Å². The smallest absolute Gasteiger partial charge is 0.110 e. The highest BCUT2D eigenvalue weighted by Crippen LogP contribution is 2.07. The predicted molar refractivity (Wildman–Crippen MR) is 66.7 cm³/mol. The number of aromatic nitrogens is 4. The molecule has 2 N–H and O–H groups in total. The standard InChI is InChI=1S/C12H19N5/c1-10(2)17-7-4-11(15-17)9-16-8-6-14-12(16)3-5-13/h4,6-8,10H,3,5,9,13H2,1-2H3. The molecule has 0 bridgehead atoms. The molecule has 2 aromatic rings. The summed E-state index contributed by atoms with van der Waals surface area (Å²) in [4.78, 5) is 4.29. The summed E-state index contributed by atoms with van der Waals surface area (Å²) in [6.45, 7) is 5.62. The van der Waals surface area contributed by atoms with Gasteiger partial charge in [-0.05, 0) is 26.5 Å². The van der Waals surface area contributed by atoms with Crippen molar-refractivity contribution in [2.24, 2.45) is 5.73 Å². The minimum atomic E-state index is 0.398. The molecule has 0 spiro atoms. The van der Waals surface area contributed by atoms with Crippen molar-refractivity contribution in [3.05, 3.63) is 36.2 Å². The predicted octanol–water partition coefficient (Wildman–Crippen LogP) is 1.21. The third-order valence-corrected chi connectivity index (χ3v) is 2.69. The van der Waals surface area contributed by atoms with E-state index in [1.807, 2.05) is 29.3 Å². The van der Waals surface area contributed by atoms with Gasteiger partial charge in [-0.1, -0.05) is 0 Å². The van der Waals surface area contributed by atoms with Gasteiger partial charge in [0.25, 0.3) is 0 Å². The van der Waals surface area contributed by atoms with Crippen molar-refractivity contribution in [3.8, 4) is 0 Å². The lowest BCUT2D eigenvalue weighted by molar-refractivity contribution is 0.522. The number of hydrogen-bond donors (Lipinski definition) is 1. The first-order valence-corrected chi connectivity index (χ1v) is 5.95. The third kappa shape index (κ3) is 2.74. The highest BCUT2D eigenvalue weighted by atomic mass is 15.3. The summed E-state index contributed by atoms with van der Waals surface area (Å²) < 4.78 is 4.06. The number of nitrogens with two attached hydrogens (primary N) is 1. The lowest BCUT2D eigenvalue weighted by atomic mass is 10.3. The van der Waals surface area contributed by atoms with Crippen molar-refractivity contribution < 1.29 is 0 Å². The molecule has 0 aliphatic carbocycles. The van der Waals surface area contributed by atoms with Gasteiger partial charge in [-0.3, -0.25) is 4.68 Å². The number of hydrogen-bond acceptors (Lipinski definition) is 3. The Morgan fingerprint density at radius 1 is 1.35 bits per heavy atom. The summed E-state index contributed by atoms with van der Waals surface area (Å²) in [6, 6.07) is 2.45. The summed E-state index contributed by atoms with van der Waals surface area (Å²) in [6.07, 6.45) is 6.60. The fourth-order valence-electron chi connectivity index (χ4n) is 1.77. The molecule has 0 aliphatic rings. The van der Waals surface area contributed by atoms with Crippen molar-refractivity contribution in [1.29, 1.82) is 0 Å². The second-order valence-electron chi connectivity index (χ2n) is 4.39. The molecule has 0 aliphatic heterocycles. The van der Waals surface area contributed by atoms with Crippen LogP contribution in [0.4, 0.5) is 0 Å². The molecule has 0 aromatic carbocycles. The van der Waals surface area contributed by atoms with Crippen LogP contribution in [0.2, 0.25) is 0 Å². The zero-order chi connectivity index (χ0) is 12.3. The maximum atomic E-state index is 5.55. The van der Waals surface area contributed by atoms with Gasteiger partial charge in [0.1, 0.15) is 5.82 Å². The van der Waals surface area contributed by atoms with Crippen molar-refractivity contribution in [2.45, 2.75) is 32.9 Å². The maximum absolute atomic E-state index is 5.55. The van der Waals surface area contributed by atoms with Gasteiger partial charge in [0.2, 0.25) is 0 Å². The van der Waals surface area contributed by atoms with Gasteiger partial charge in [0, 0.05) is 31.1 Å². The lowest BCUT2D eigenvalue weighted by Gasteiger charge is -2.06. The zero-order valence-electron chi connectivity index (χ0n) is 10.4. The SMILES string of the molecule is CC(C)n1ccc(Cn2ccnc2CCN)n1. The Labute approximate surface area is 101 Å². The molecule has 0 atom stereocenters. The molecule has 0 radical (unpaired) electrons. The van der Waals surface area contributed by atoms with E-state index >= 15 is 0 Å². The largest absolute Gasteiger partial charge is 0.330 e. The highest BCUT2D eigenvalue weighted by Gasteiger charge is 2.06. The minimum Gasteiger partial charge on any atom is -0.330 e. The average molecular weight is 233 g/mol. The Morgan fingerprint density at radius 3 is 2.82 bits per heavy atom. The van der Waals surface area contributed by atoms with Crippen molar-refractivity contribution in [3.63, 3.8) is 0 Å². The molecular formula is C12H19N5. The van der Waals surface area contributed by atoms with Crippen LogP contribution in [-0.4, -0.2) is 25.9 Å². The van der Waals surface area contributed by atoms with Gasteiger partial charge >= 0.3 is 0 Å². The maximum Gasteiger partial charge on any atom is 0.110 e. The van der Waals surface area contributed by atoms with Crippen LogP contribution in [0.15, 0.2) is 24.7 Å². The first-order chi connectivity index (χ1) is 8.20. The third-order valence-electron chi connectivity index (χ3n) is 2.69. The van der Waals surface area contributed by atoms with E-state index < -0.39 is 0 Å². The minimum absolute atomic E-state index is 0.398. The van der Waals surface area contributed by atoms with Crippen LogP contribution >= 0.6 is 0 Å². The molecule has 0 unspecified atom stereocenters. The summed E-state index contributed by atoms with van der Waals surface area (Å²) >= 11 is 0. The van der Waals surface area contributed by atoms with Crippen LogP contribution in [0, 0.1) is 0 Å². The molecule has 17 heavy (non-hydrogen) atoms. The number of imidazole rings is 1. The monoisotopic (exact) mass is 233 g/mol. The van der Waals surface area contributed by atoms with Crippen LogP contribution in [0.3, 0.4) is 0 Å². The van der Waals surface area contributed by atoms with E-state index in [9.17, 15) is 0 Å². The van der Waals surface area contributed by atoms with Crippen molar-refractivity contribution in [2.75, 3.05) is 6.54 Å². The van der Waals surface area contributed by atoms with Gasteiger partial charge < -0.3 is 10.3 Å². The summed E-state index contributed by atoms with van der Waals surface area (Å²) in [5, 5.41) is 4.52. The van der Waals surface area contributed by atoms with Crippen LogP contribution in [0.1, 0.15) is 31.4 Å². The fourth-order valence-corrected chi connectivity index (χ4v) is 1.77. The Hall–Kier alpha value is -1.62. The number of rotatable bonds is 5. The van der Waals surface area contributed by atoms with Crippen LogP contribution in [-0.2, 0) is 13.0 Å². The summed E-state index contributed by atoms with van der Waals surface area (Å²) in [5.74, 6) is 1.02. The van der Waals surface area contributed by atoms with Gasteiger partial charge in [0.05, 0.1) is 12.2 Å². The van der Waals surface area contributed by atoms with E-state index in [1.165, 1.54) is 0 Å². The fraction of sp³-hybridized carbons (Fsp3) is 0.500. The average Bonchev–Trinajstić information content (AvgIpc) is 2.90. The van der Waals surface area contributed by atoms with Crippen LogP contribution in [0.25, 0.3) is 0 Å². The molecule has 92 valence electrons. The van der Waals surface area contributed by atoms with Gasteiger partial charge in [-0.2, -0.15) is 5.10 Å². The Morgan fingerprint density at radius 2 is 2.18 bits per heavy atom. The van der Waals surface area contributed by atoms with E-state index in [1.54, 1.807) is 0 Å². The molecule has 5 heteroatoms. The molecule has 5 nitrogen and oxygen atoms in total. The molecule has 0 saturated heterocycles. The normalized spacial score (nSPS) is 11.3. The molecule has 0 saturated carbocycles. The molecule has 0 amide bonds. The van der Waals surface area contributed by atoms with Crippen molar-refractivity contribution >= 4 is 0 Å². The second kappa shape index (κ2) is 5.14. The Kier molecular flexibility index (Phi) is 3.58. The molecule has 0 fully saturated rings. The van der Waals surface area contributed by atoms with E-state index in [2.05, 4.69) is 28.5 Å². The molecule has 2 rings (SSSR count). The summed E-state index contributed by atoms with van der Waals surface area (Å²) in [5.41, 5.74) is 6.60. The Balaban J connectivity index is 2.11. The first-order valence-electron chi connectivity index (χ1n) is 5.95. The first kappa shape index (κ1) is 11.9. The van der Waals surface area contributed by atoms with E-state index in [-0.39, 0.29) is 0 Å². The number of nitrogens with zero attached hydrogens (tertiary/aromatic N) is 4. The quantitative estimate of drug-likeness (QED) is 0.844. The van der Waals surface area contributed by atoms with Gasteiger partial charge in [-0.15, -0.1) is 0 Å². The van der Waals surface area contributed by atoms with Crippen molar-refractivity contribution in [1.82, 2.24) is 19.3 Å². The highest BCUT2D eigenvalue weighted by molar-refractivity contribution is 5.04. The van der Waals surface area contributed by atoms with Crippen LogP contribution in [0.5, 0.6) is 0 Å². The molecular weight excluding hydrogens is 214 g/mol. The topological polar surface area (TPSA) is 61.7 Å². The molecule has 2 aromatic heterocycles.